The Labute approximate surface area is 96.9 Å². The Balaban J connectivity index is 2.04. The van der Waals surface area contributed by atoms with Crippen molar-refractivity contribution in [1.82, 2.24) is 10.2 Å². The van der Waals surface area contributed by atoms with Gasteiger partial charge in [0.05, 0.1) is 5.69 Å². The van der Waals surface area contributed by atoms with Crippen LogP contribution >= 0.6 is 0 Å². The average molecular weight is 220 g/mol. The Hall–Kier alpha value is -1.16. The normalized spacial score (nSPS) is 18.1. The number of nitrogens with two attached hydrogens (primary N) is 1. The predicted molar refractivity (Wildman–Crippen MR) is 65.5 cm³/mol. The molecule has 1 aromatic heterocycles. The quantitative estimate of drug-likeness (QED) is 0.821. The Bertz CT molecular complexity index is 325. The zero-order valence-corrected chi connectivity index (χ0v) is 10.1. The summed E-state index contributed by atoms with van der Waals surface area (Å²) in [4.78, 5) is 2.26. The molecule has 1 saturated heterocycles. The van der Waals surface area contributed by atoms with Crippen molar-refractivity contribution in [3.63, 3.8) is 0 Å². The van der Waals surface area contributed by atoms with Crippen LogP contribution < -0.4 is 10.6 Å². The molecule has 2 heterocycles. The molecule has 4 nitrogen and oxygen atoms in total. The minimum atomic E-state index is 0.360. The number of hydrogen-bond donors (Lipinski definition) is 1. The molecule has 0 atom stereocenters. The summed E-state index contributed by atoms with van der Waals surface area (Å²) < 4.78 is 0. The van der Waals surface area contributed by atoms with Crippen LogP contribution in [0, 0.1) is 0 Å². The second kappa shape index (κ2) is 4.78. The third-order valence-electron chi connectivity index (χ3n) is 3.13. The van der Waals surface area contributed by atoms with Crippen LogP contribution in [-0.4, -0.2) is 29.3 Å². The molecule has 0 unspecified atom stereocenters. The summed E-state index contributed by atoms with van der Waals surface area (Å²) in [7, 11) is 0. The summed E-state index contributed by atoms with van der Waals surface area (Å²) in [6, 6.07) is 4.50. The predicted octanol–water partition coefficient (Wildman–Crippen LogP) is 1.53. The molecular formula is C12H20N4. The number of rotatable bonds is 2. The molecule has 4 heteroatoms. The van der Waals surface area contributed by atoms with Gasteiger partial charge in [-0.05, 0) is 30.9 Å². The molecule has 1 aromatic rings. The third kappa shape index (κ3) is 2.50. The van der Waals surface area contributed by atoms with E-state index in [4.69, 9.17) is 5.73 Å². The van der Waals surface area contributed by atoms with Gasteiger partial charge >= 0.3 is 0 Å². The van der Waals surface area contributed by atoms with Crippen molar-refractivity contribution in [3.8, 4) is 0 Å². The monoisotopic (exact) mass is 220 g/mol. The highest BCUT2D eigenvalue weighted by atomic mass is 15.3. The van der Waals surface area contributed by atoms with Gasteiger partial charge in [0.1, 0.15) is 0 Å². The SMILES string of the molecule is CC(C)c1ccc(N2CCC(N)CC2)nn1. The first kappa shape index (κ1) is 11.3. The minimum absolute atomic E-state index is 0.360. The van der Waals surface area contributed by atoms with Crippen molar-refractivity contribution in [2.24, 2.45) is 5.73 Å². The molecule has 0 bridgehead atoms. The molecular weight excluding hydrogens is 200 g/mol. The van der Waals surface area contributed by atoms with E-state index in [1.54, 1.807) is 0 Å². The summed E-state index contributed by atoms with van der Waals surface area (Å²) in [6.45, 7) is 6.25. The third-order valence-corrected chi connectivity index (χ3v) is 3.13. The van der Waals surface area contributed by atoms with Crippen LogP contribution in [0.5, 0.6) is 0 Å². The minimum Gasteiger partial charge on any atom is -0.355 e. The molecule has 2 N–H and O–H groups in total. The lowest BCUT2D eigenvalue weighted by atomic mass is 10.1. The van der Waals surface area contributed by atoms with Crippen LogP contribution in [0.1, 0.15) is 38.3 Å². The van der Waals surface area contributed by atoms with E-state index in [-0.39, 0.29) is 0 Å². The zero-order chi connectivity index (χ0) is 11.5. The average Bonchev–Trinajstić information content (AvgIpc) is 2.30. The van der Waals surface area contributed by atoms with E-state index in [0.29, 0.717) is 12.0 Å². The van der Waals surface area contributed by atoms with Crippen molar-refractivity contribution < 1.29 is 0 Å². The molecule has 0 radical (unpaired) electrons. The van der Waals surface area contributed by atoms with Gasteiger partial charge in [-0.1, -0.05) is 13.8 Å². The molecule has 0 amide bonds. The van der Waals surface area contributed by atoms with Crippen LogP contribution in [0.4, 0.5) is 5.82 Å². The zero-order valence-electron chi connectivity index (χ0n) is 10.1. The second-order valence-corrected chi connectivity index (χ2v) is 4.80. The van der Waals surface area contributed by atoms with Gasteiger partial charge in [0.15, 0.2) is 5.82 Å². The summed E-state index contributed by atoms with van der Waals surface area (Å²) in [5.74, 6) is 1.42. The largest absolute Gasteiger partial charge is 0.355 e. The van der Waals surface area contributed by atoms with Gasteiger partial charge in [0.2, 0.25) is 0 Å². The van der Waals surface area contributed by atoms with Gasteiger partial charge in [-0.25, -0.2) is 0 Å². The molecule has 0 aromatic carbocycles. The number of piperidine rings is 1. The van der Waals surface area contributed by atoms with Crippen LogP contribution in [0.2, 0.25) is 0 Å². The van der Waals surface area contributed by atoms with E-state index in [1.807, 2.05) is 0 Å². The van der Waals surface area contributed by atoms with Crippen molar-refractivity contribution in [1.29, 1.82) is 0 Å². The number of nitrogens with zero attached hydrogens (tertiary/aromatic N) is 3. The summed E-state index contributed by atoms with van der Waals surface area (Å²) >= 11 is 0. The Morgan fingerprint density at radius 3 is 2.44 bits per heavy atom. The molecule has 0 saturated carbocycles. The van der Waals surface area contributed by atoms with Gasteiger partial charge in [-0.3, -0.25) is 0 Å². The van der Waals surface area contributed by atoms with Crippen LogP contribution in [0.15, 0.2) is 12.1 Å². The van der Waals surface area contributed by atoms with E-state index in [0.717, 1.165) is 37.4 Å². The van der Waals surface area contributed by atoms with Crippen LogP contribution in [0.25, 0.3) is 0 Å². The topological polar surface area (TPSA) is 55.0 Å². The lowest BCUT2D eigenvalue weighted by Gasteiger charge is -2.30. The fourth-order valence-electron chi connectivity index (χ4n) is 1.94. The van der Waals surface area contributed by atoms with E-state index in [1.165, 1.54) is 0 Å². The maximum atomic E-state index is 5.88. The maximum Gasteiger partial charge on any atom is 0.151 e. The fourth-order valence-corrected chi connectivity index (χ4v) is 1.94. The standard InChI is InChI=1S/C12H20N4/c1-9(2)11-3-4-12(15-14-11)16-7-5-10(13)6-8-16/h3-4,9-10H,5-8,13H2,1-2H3. The Kier molecular flexibility index (Phi) is 3.39. The molecule has 0 aliphatic carbocycles. The Morgan fingerprint density at radius 1 is 1.25 bits per heavy atom. The highest BCUT2D eigenvalue weighted by molar-refractivity contribution is 5.38. The molecule has 2 rings (SSSR count). The van der Waals surface area contributed by atoms with Gasteiger partial charge in [0, 0.05) is 19.1 Å². The van der Waals surface area contributed by atoms with Crippen molar-refractivity contribution in [2.75, 3.05) is 18.0 Å². The first-order valence-corrected chi connectivity index (χ1v) is 6.01. The van der Waals surface area contributed by atoms with E-state index in [2.05, 4.69) is 41.1 Å². The smallest absolute Gasteiger partial charge is 0.151 e. The van der Waals surface area contributed by atoms with Crippen molar-refractivity contribution in [2.45, 2.75) is 38.6 Å². The lowest BCUT2D eigenvalue weighted by Crippen LogP contribution is -2.40. The van der Waals surface area contributed by atoms with E-state index >= 15 is 0 Å². The lowest BCUT2D eigenvalue weighted by molar-refractivity contribution is 0.497. The molecule has 88 valence electrons. The molecule has 1 aliphatic rings. The van der Waals surface area contributed by atoms with Gasteiger partial charge < -0.3 is 10.6 Å². The number of anilines is 1. The van der Waals surface area contributed by atoms with Crippen LogP contribution in [0.3, 0.4) is 0 Å². The van der Waals surface area contributed by atoms with Gasteiger partial charge in [-0.15, -0.1) is 5.10 Å². The molecule has 1 fully saturated rings. The van der Waals surface area contributed by atoms with Crippen molar-refractivity contribution in [3.05, 3.63) is 17.8 Å². The summed E-state index contributed by atoms with van der Waals surface area (Å²) in [5.41, 5.74) is 6.93. The van der Waals surface area contributed by atoms with E-state index in [9.17, 15) is 0 Å². The molecule has 0 spiro atoms. The first-order valence-electron chi connectivity index (χ1n) is 6.01. The number of hydrogen-bond acceptors (Lipinski definition) is 4. The highest BCUT2D eigenvalue weighted by Crippen LogP contribution is 2.18. The fraction of sp³-hybridized carbons (Fsp3) is 0.667. The molecule has 1 aliphatic heterocycles. The Morgan fingerprint density at radius 2 is 1.94 bits per heavy atom. The first-order chi connectivity index (χ1) is 7.66. The maximum absolute atomic E-state index is 5.88. The van der Waals surface area contributed by atoms with Crippen LogP contribution in [-0.2, 0) is 0 Å². The van der Waals surface area contributed by atoms with Gasteiger partial charge in [-0.2, -0.15) is 5.10 Å². The van der Waals surface area contributed by atoms with Gasteiger partial charge in [0.25, 0.3) is 0 Å². The second-order valence-electron chi connectivity index (χ2n) is 4.80. The summed E-state index contributed by atoms with van der Waals surface area (Å²) in [5, 5.41) is 8.53. The molecule has 16 heavy (non-hydrogen) atoms. The number of aromatic nitrogens is 2. The summed E-state index contributed by atoms with van der Waals surface area (Å²) in [6.07, 6.45) is 2.10. The van der Waals surface area contributed by atoms with E-state index < -0.39 is 0 Å². The van der Waals surface area contributed by atoms with Crippen molar-refractivity contribution >= 4 is 5.82 Å². The highest BCUT2D eigenvalue weighted by Gasteiger charge is 2.17.